The minimum Gasteiger partial charge on any atom is -0.376 e. The number of carbonyl (C=O) groups excluding carboxylic acids is 1. The zero-order chi connectivity index (χ0) is 13.8. The van der Waals surface area contributed by atoms with E-state index in [1.54, 1.807) is 6.92 Å². The van der Waals surface area contributed by atoms with Crippen LogP contribution in [0.4, 0.5) is 5.69 Å². The fourth-order valence-corrected chi connectivity index (χ4v) is 2.08. The number of nitrogens with zero attached hydrogens (tertiary/aromatic N) is 3. The Hall–Kier alpha value is -1.96. The van der Waals surface area contributed by atoms with Gasteiger partial charge < -0.3 is 10.1 Å². The number of nitro groups is 1. The molecule has 2 rings (SSSR count). The summed E-state index contributed by atoms with van der Waals surface area (Å²) in [5.41, 5.74) is -0.280. The Morgan fingerprint density at radius 3 is 3.11 bits per heavy atom. The lowest BCUT2D eigenvalue weighted by atomic mass is 10.2. The molecule has 19 heavy (non-hydrogen) atoms. The number of ether oxygens (including phenoxy) is 1. The maximum absolute atomic E-state index is 12.0. The van der Waals surface area contributed by atoms with Crippen LogP contribution in [0, 0.1) is 10.1 Å². The molecule has 104 valence electrons. The summed E-state index contributed by atoms with van der Waals surface area (Å²) in [6.07, 6.45) is 2.98. The molecule has 1 aromatic heterocycles. The quantitative estimate of drug-likeness (QED) is 0.626. The van der Waals surface area contributed by atoms with Gasteiger partial charge in [-0.2, -0.15) is 5.10 Å². The van der Waals surface area contributed by atoms with E-state index in [-0.39, 0.29) is 17.5 Å². The molecule has 1 aromatic rings. The van der Waals surface area contributed by atoms with Crippen molar-refractivity contribution in [2.45, 2.75) is 32.4 Å². The smallest absolute Gasteiger partial charge is 0.320 e. The van der Waals surface area contributed by atoms with Gasteiger partial charge in [-0.3, -0.25) is 19.6 Å². The third-order valence-electron chi connectivity index (χ3n) is 3.05. The Bertz CT molecular complexity index is 479. The van der Waals surface area contributed by atoms with Crippen molar-refractivity contribution in [3.63, 3.8) is 0 Å². The molecular formula is C11H16N4O4. The maximum Gasteiger partial charge on any atom is 0.320 e. The Balaban J connectivity index is 2.08. The topological polar surface area (TPSA) is 99.3 Å². The van der Waals surface area contributed by atoms with E-state index < -0.39 is 10.8 Å². The van der Waals surface area contributed by atoms with Crippen LogP contribution in [0.5, 0.6) is 0 Å². The molecule has 0 spiro atoms. The van der Waals surface area contributed by atoms with Crippen molar-refractivity contribution in [1.82, 2.24) is 15.1 Å². The van der Waals surface area contributed by atoms with Crippen LogP contribution in [0.1, 0.15) is 30.3 Å². The van der Waals surface area contributed by atoms with Gasteiger partial charge in [-0.1, -0.05) is 0 Å². The fraction of sp³-hybridized carbons (Fsp3) is 0.636. The fourth-order valence-electron chi connectivity index (χ4n) is 2.08. The van der Waals surface area contributed by atoms with Crippen molar-refractivity contribution in [1.29, 1.82) is 0 Å². The van der Waals surface area contributed by atoms with Crippen LogP contribution in [0.15, 0.2) is 6.20 Å². The summed E-state index contributed by atoms with van der Waals surface area (Å²) in [6, 6.07) is 0. The minimum absolute atomic E-state index is 0.000930. The zero-order valence-electron chi connectivity index (χ0n) is 10.7. The van der Waals surface area contributed by atoms with Crippen molar-refractivity contribution < 1.29 is 14.5 Å². The molecule has 1 fully saturated rings. The van der Waals surface area contributed by atoms with E-state index in [1.807, 2.05) is 0 Å². The van der Waals surface area contributed by atoms with E-state index in [4.69, 9.17) is 4.74 Å². The maximum atomic E-state index is 12.0. The van der Waals surface area contributed by atoms with Crippen LogP contribution in [-0.4, -0.2) is 39.9 Å². The van der Waals surface area contributed by atoms with Crippen LogP contribution in [0.25, 0.3) is 0 Å². The van der Waals surface area contributed by atoms with Gasteiger partial charge in [0.1, 0.15) is 6.20 Å². The second-order valence-corrected chi connectivity index (χ2v) is 4.30. The van der Waals surface area contributed by atoms with Gasteiger partial charge in [-0.05, 0) is 19.8 Å². The first-order valence-corrected chi connectivity index (χ1v) is 6.23. The second kappa shape index (κ2) is 5.79. The van der Waals surface area contributed by atoms with E-state index >= 15 is 0 Å². The summed E-state index contributed by atoms with van der Waals surface area (Å²) in [6.45, 7) is 3.24. The van der Waals surface area contributed by atoms with Gasteiger partial charge in [0, 0.05) is 19.7 Å². The predicted molar refractivity (Wildman–Crippen MR) is 65.9 cm³/mol. The van der Waals surface area contributed by atoms with Crippen molar-refractivity contribution in [3.05, 3.63) is 22.0 Å². The largest absolute Gasteiger partial charge is 0.376 e. The predicted octanol–water partition coefficient (Wildman–Crippen LogP) is 0.720. The van der Waals surface area contributed by atoms with Gasteiger partial charge in [0.2, 0.25) is 5.69 Å². The molecule has 1 aliphatic rings. The summed E-state index contributed by atoms with van der Waals surface area (Å²) in [7, 11) is 0. The SMILES string of the molecule is CCn1ncc([N+](=O)[O-])c1C(=O)NCC1CCCO1. The zero-order valence-corrected chi connectivity index (χ0v) is 10.7. The monoisotopic (exact) mass is 268 g/mol. The molecular weight excluding hydrogens is 252 g/mol. The van der Waals surface area contributed by atoms with Gasteiger partial charge in [-0.25, -0.2) is 0 Å². The summed E-state index contributed by atoms with van der Waals surface area (Å²) >= 11 is 0. The van der Waals surface area contributed by atoms with Crippen molar-refractivity contribution in [2.24, 2.45) is 0 Å². The lowest BCUT2D eigenvalue weighted by Gasteiger charge is -2.11. The average Bonchev–Trinajstić information content (AvgIpc) is 3.04. The molecule has 1 amide bonds. The van der Waals surface area contributed by atoms with Crippen molar-refractivity contribution in [2.75, 3.05) is 13.2 Å². The second-order valence-electron chi connectivity index (χ2n) is 4.30. The summed E-state index contributed by atoms with van der Waals surface area (Å²) < 4.78 is 6.71. The Morgan fingerprint density at radius 2 is 2.53 bits per heavy atom. The normalized spacial score (nSPS) is 18.5. The van der Waals surface area contributed by atoms with E-state index in [9.17, 15) is 14.9 Å². The van der Waals surface area contributed by atoms with E-state index in [0.717, 1.165) is 19.0 Å². The number of nitrogens with one attached hydrogen (secondary N) is 1. The number of aromatic nitrogens is 2. The molecule has 0 radical (unpaired) electrons. The van der Waals surface area contributed by atoms with Crippen molar-refractivity contribution >= 4 is 11.6 Å². The third kappa shape index (κ3) is 2.90. The van der Waals surface area contributed by atoms with E-state index in [2.05, 4.69) is 10.4 Å². The van der Waals surface area contributed by atoms with Crippen LogP contribution in [0.2, 0.25) is 0 Å². The summed E-state index contributed by atoms with van der Waals surface area (Å²) in [5.74, 6) is -0.485. The first-order valence-electron chi connectivity index (χ1n) is 6.23. The van der Waals surface area contributed by atoms with Gasteiger partial charge in [-0.15, -0.1) is 0 Å². The first kappa shape index (κ1) is 13.5. The molecule has 0 bridgehead atoms. The highest BCUT2D eigenvalue weighted by Crippen LogP contribution is 2.18. The minimum atomic E-state index is -0.597. The number of hydrogen-bond acceptors (Lipinski definition) is 5. The third-order valence-corrected chi connectivity index (χ3v) is 3.05. The summed E-state index contributed by atoms with van der Waals surface area (Å²) in [5, 5.41) is 17.4. The molecule has 0 aromatic carbocycles. The molecule has 2 heterocycles. The molecule has 1 aliphatic heterocycles. The van der Waals surface area contributed by atoms with Crippen LogP contribution in [0.3, 0.4) is 0 Å². The molecule has 1 N–H and O–H groups in total. The highest BCUT2D eigenvalue weighted by atomic mass is 16.6. The Morgan fingerprint density at radius 1 is 1.74 bits per heavy atom. The standard InChI is InChI=1S/C11H16N4O4/c1-2-14-10(9(7-13-14)15(17)18)11(16)12-6-8-4-3-5-19-8/h7-8H,2-6H2,1H3,(H,12,16). The molecule has 1 saturated heterocycles. The lowest BCUT2D eigenvalue weighted by molar-refractivity contribution is -0.385. The van der Waals surface area contributed by atoms with Crippen LogP contribution < -0.4 is 5.32 Å². The van der Waals surface area contributed by atoms with E-state index in [1.165, 1.54) is 4.68 Å². The molecule has 0 saturated carbocycles. The molecule has 0 aliphatic carbocycles. The van der Waals surface area contributed by atoms with Gasteiger partial charge >= 0.3 is 5.69 Å². The molecule has 1 atom stereocenters. The number of carbonyl (C=O) groups is 1. The van der Waals surface area contributed by atoms with Gasteiger partial charge in [0.05, 0.1) is 11.0 Å². The number of hydrogen-bond donors (Lipinski definition) is 1. The lowest BCUT2D eigenvalue weighted by Crippen LogP contribution is -2.33. The van der Waals surface area contributed by atoms with Crippen LogP contribution in [-0.2, 0) is 11.3 Å². The Labute approximate surface area is 109 Å². The molecule has 1 unspecified atom stereocenters. The first-order chi connectivity index (χ1) is 9.13. The number of aryl methyl sites for hydroxylation is 1. The highest BCUT2D eigenvalue weighted by Gasteiger charge is 2.27. The Kier molecular flexibility index (Phi) is 4.10. The summed E-state index contributed by atoms with van der Waals surface area (Å²) in [4.78, 5) is 22.3. The average molecular weight is 268 g/mol. The van der Waals surface area contributed by atoms with E-state index in [0.29, 0.717) is 19.7 Å². The molecule has 8 heteroatoms. The van der Waals surface area contributed by atoms with Crippen LogP contribution >= 0.6 is 0 Å². The number of amides is 1. The van der Waals surface area contributed by atoms with Gasteiger partial charge in [0.25, 0.3) is 5.91 Å². The highest BCUT2D eigenvalue weighted by molar-refractivity contribution is 5.96. The van der Waals surface area contributed by atoms with Crippen molar-refractivity contribution in [3.8, 4) is 0 Å². The number of rotatable bonds is 5. The van der Waals surface area contributed by atoms with Gasteiger partial charge in [0.15, 0.2) is 0 Å². The molecule has 8 nitrogen and oxygen atoms in total.